The van der Waals surface area contributed by atoms with Crippen LogP contribution in [0.1, 0.15) is 37.8 Å². The van der Waals surface area contributed by atoms with Crippen LogP contribution in [0.2, 0.25) is 0 Å². The molecule has 0 saturated heterocycles. The van der Waals surface area contributed by atoms with E-state index in [4.69, 9.17) is 4.52 Å². The molecule has 1 aliphatic heterocycles. The molecule has 1 amide bonds. The molecule has 2 aromatic rings. The standard InChI is InChI=1S/C13H17N5O2/c1-4-5-17-7-11-14-15-12(10-6-8(2)16-20-10)18(11)9(3)13(17)19/h6,9H,4-5,7H2,1-3H3/t9-/m1/s1. The second kappa shape index (κ2) is 4.73. The summed E-state index contributed by atoms with van der Waals surface area (Å²) < 4.78 is 7.08. The molecule has 7 heteroatoms. The molecule has 3 rings (SSSR count). The van der Waals surface area contributed by atoms with Crippen molar-refractivity contribution in [1.82, 2.24) is 24.8 Å². The van der Waals surface area contributed by atoms with Crippen molar-refractivity contribution >= 4 is 5.91 Å². The zero-order valence-electron chi connectivity index (χ0n) is 11.8. The minimum Gasteiger partial charge on any atom is -0.353 e. The first-order valence-electron chi connectivity index (χ1n) is 6.78. The summed E-state index contributed by atoms with van der Waals surface area (Å²) in [5, 5.41) is 12.2. The molecule has 0 unspecified atom stereocenters. The van der Waals surface area contributed by atoms with Crippen LogP contribution in [0.25, 0.3) is 11.6 Å². The molecule has 3 heterocycles. The Morgan fingerprint density at radius 1 is 1.45 bits per heavy atom. The summed E-state index contributed by atoms with van der Waals surface area (Å²) in [7, 11) is 0. The largest absolute Gasteiger partial charge is 0.353 e. The predicted molar refractivity (Wildman–Crippen MR) is 70.7 cm³/mol. The summed E-state index contributed by atoms with van der Waals surface area (Å²) in [6.07, 6.45) is 0.931. The van der Waals surface area contributed by atoms with Gasteiger partial charge in [0.15, 0.2) is 5.82 Å². The fraction of sp³-hybridized carbons (Fsp3) is 0.538. The first kappa shape index (κ1) is 12.8. The van der Waals surface area contributed by atoms with Crippen LogP contribution in [-0.4, -0.2) is 37.3 Å². The highest BCUT2D eigenvalue weighted by atomic mass is 16.5. The van der Waals surface area contributed by atoms with Crippen molar-refractivity contribution in [1.29, 1.82) is 0 Å². The lowest BCUT2D eigenvalue weighted by molar-refractivity contribution is -0.136. The van der Waals surface area contributed by atoms with Gasteiger partial charge in [-0.15, -0.1) is 10.2 Å². The maximum absolute atomic E-state index is 12.4. The number of amides is 1. The van der Waals surface area contributed by atoms with Gasteiger partial charge in [0.25, 0.3) is 0 Å². The van der Waals surface area contributed by atoms with Crippen LogP contribution < -0.4 is 0 Å². The van der Waals surface area contributed by atoms with Crippen LogP contribution in [0.5, 0.6) is 0 Å². The van der Waals surface area contributed by atoms with Crippen molar-refractivity contribution in [2.24, 2.45) is 0 Å². The first-order valence-corrected chi connectivity index (χ1v) is 6.78. The molecule has 1 aliphatic rings. The summed E-state index contributed by atoms with van der Waals surface area (Å²) in [5.41, 5.74) is 0.778. The van der Waals surface area contributed by atoms with E-state index in [0.29, 0.717) is 18.1 Å². The van der Waals surface area contributed by atoms with Crippen LogP contribution in [0.15, 0.2) is 10.6 Å². The Kier molecular flexibility index (Phi) is 3.04. The van der Waals surface area contributed by atoms with Gasteiger partial charge in [0.2, 0.25) is 17.5 Å². The van der Waals surface area contributed by atoms with Crippen molar-refractivity contribution in [3.63, 3.8) is 0 Å². The topological polar surface area (TPSA) is 77.1 Å². The Balaban J connectivity index is 2.02. The second-order valence-corrected chi connectivity index (χ2v) is 5.08. The fourth-order valence-corrected chi connectivity index (χ4v) is 2.56. The van der Waals surface area contributed by atoms with E-state index in [-0.39, 0.29) is 11.9 Å². The molecule has 7 nitrogen and oxygen atoms in total. The van der Waals surface area contributed by atoms with E-state index in [1.807, 2.05) is 23.3 Å². The van der Waals surface area contributed by atoms with Gasteiger partial charge < -0.3 is 9.42 Å². The van der Waals surface area contributed by atoms with Crippen LogP contribution in [0, 0.1) is 6.92 Å². The second-order valence-electron chi connectivity index (χ2n) is 5.08. The molecule has 106 valence electrons. The zero-order valence-corrected chi connectivity index (χ0v) is 11.8. The van der Waals surface area contributed by atoms with E-state index in [1.165, 1.54) is 0 Å². The monoisotopic (exact) mass is 275 g/mol. The third-order valence-corrected chi connectivity index (χ3v) is 3.50. The maximum atomic E-state index is 12.4. The SMILES string of the molecule is CCCN1Cc2nnc(-c3cc(C)no3)n2[C@H](C)C1=O. The van der Waals surface area contributed by atoms with E-state index in [2.05, 4.69) is 22.3 Å². The minimum absolute atomic E-state index is 0.0941. The normalized spacial score (nSPS) is 18.4. The summed E-state index contributed by atoms with van der Waals surface area (Å²) in [6, 6.07) is 1.48. The number of rotatable bonds is 3. The zero-order chi connectivity index (χ0) is 14.3. The number of carbonyl (C=O) groups is 1. The number of nitrogens with zero attached hydrogens (tertiary/aromatic N) is 5. The highest BCUT2D eigenvalue weighted by Crippen LogP contribution is 2.28. The average Bonchev–Trinajstić information content (AvgIpc) is 3.02. The van der Waals surface area contributed by atoms with Gasteiger partial charge in [0, 0.05) is 12.6 Å². The van der Waals surface area contributed by atoms with Crippen LogP contribution in [0.3, 0.4) is 0 Å². The summed E-state index contributed by atoms with van der Waals surface area (Å²) >= 11 is 0. The average molecular weight is 275 g/mol. The van der Waals surface area contributed by atoms with Gasteiger partial charge in [-0.2, -0.15) is 0 Å². The molecule has 0 spiro atoms. The molecular formula is C13H17N5O2. The molecular weight excluding hydrogens is 258 g/mol. The molecule has 0 aliphatic carbocycles. The van der Waals surface area contributed by atoms with Gasteiger partial charge in [-0.05, 0) is 20.3 Å². The maximum Gasteiger partial charge on any atom is 0.245 e. The van der Waals surface area contributed by atoms with E-state index in [1.54, 1.807) is 6.07 Å². The van der Waals surface area contributed by atoms with Crippen LogP contribution in [-0.2, 0) is 11.3 Å². The van der Waals surface area contributed by atoms with Crippen molar-refractivity contribution in [3.05, 3.63) is 17.6 Å². The van der Waals surface area contributed by atoms with Gasteiger partial charge in [-0.3, -0.25) is 9.36 Å². The summed E-state index contributed by atoms with van der Waals surface area (Å²) in [6.45, 7) is 7.01. The molecule has 0 radical (unpaired) electrons. The number of aromatic nitrogens is 4. The molecule has 0 fully saturated rings. The van der Waals surface area contributed by atoms with Crippen molar-refractivity contribution in [3.8, 4) is 11.6 Å². The van der Waals surface area contributed by atoms with E-state index in [9.17, 15) is 4.79 Å². The van der Waals surface area contributed by atoms with E-state index >= 15 is 0 Å². The fourth-order valence-electron chi connectivity index (χ4n) is 2.56. The van der Waals surface area contributed by atoms with Crippen molar-refractivity contribution in [2.45, 2.75) is 39.8 Å². The molecule has 0 N–H and O–H groups in total. The lowest BCUT2D eigenvalue weighted by Gasteiger charge is -2.31. The highest BCUT2D eigenvalue weighted by Gasteiger charge is 2.33. The number of hydrogen-bond acceptors (Lipinski definition) is 5. The molecule has 0 bridgehead atoms. The number of carbonyl (C=O) groups excluding carboxylic acids is 1. The van der Waals surface area contributed by atoms with E-state index < -0.39 is 0 Å². The lowest BCUT2D eigenvalue weighted by atomic mass is 10.2. The van der Waals surface area contributed by atoms with Gasteiger partial charge >= 0.3 is 0 Å². The first-order chi connectivity index (χ1) is 9.61. The Morgan fingerprint density at radius 3 is 2.90 bits per heavy atom. The third kappa shape index (κ3) is 1.90. The molecule has 0 saturated carbocycles. The Labute approximate surface area is 116 Å². The molecule has 20 heavy (non-hydrogen) atoms. The quantitative estimate of drug-likeness (QED) is 0.849. The number of aryl methyl sites for hydroxylation is 1. The summed E-state index contributed by atoms with van der Waals surface area (Å²) in [5.74, 6) is 1.99. The van der Waals surface area contributed by atoms with Crippen molar-refractivity contribution < 1.29 is 9.32 Å². The van der Waals surface area contributed by atoms with Crippen LogP contribution in [0.4, 0.5) is 0 Å². The Morgan fingerprint density at radius 2 is 2.25 bits per heavy atom. The predicted octanol–water partition coefficient (Wildman–Crippen LogP) is 1.55. The Bertz CT molecular complexity index is 645. The smallest absolute Gasteiger partial charge is 0.245 e. The van der Waals surface area contributed by atoms with Crippen molar-refractivity contribution in [2.75, 3.05) is 6.54 Å². The van der Waals surface area contributed by atoms with Gasteiger partial charge in [-0.1, -0.05) is 12.1 Å². The molecule has 1 atom stereocenters. The van der Waals surface area contributed by atoms with Gasteiger partial charge in [-0.25, -0.2) is 0 Å². The molecule has 0 aromatic carbocycles. The summed E-state index contributed by atoms with van der Waals surface area (Å²) in [4.78, 5) is 14.2. The number of fused-ring (bicyclic) bond motifs is 1. The Hall–Kier alpha value is -2.18. The lowest BCUT2D eigenvalue weighted by Crippen LogP contribution is -2.42. The molecule has 2 aromatic heterocycles. The third-order valence-electron chi connectivity index (χ3n) is 3.50. The van der Waals surface area contributed by atoms with Gasteiger partial charge in [0.1, 0.15) is 6.04 Å². The van der Waals surface area contributed by atoms with Gasteiger partial charge in [0.05, 0.1) is 12.2 Å². The highest BCUT2D eigenvalue weighted by molar-refractivity contribution is 5.81. The minimum atomic E-state index is -0.319. The number of hydrogen-bond donors (Lipinski definition) is 0. The van der Waals surface area contributed by atoms with E-state index in [0.717, 1.165) is 24.5 Å². The van der Waals surface area contributed by atoms with Crippen LogP contribution >= 0.6 is 0 Å².